The van der Waals surface area contributed by atoms with Crippen molar-refractivity contribution in [2.24, 2.45) is 0 Å². The van der Waals surface area contributed by atoms with Gasteiger partial charge in [0.25, 0.3) is 0 Å². The average molecular weight is 234 g/mol. The van der Waals surface area contributed by atoms with Gasteiger partial charge in [-0.2, -0.15) is 5.26 Å². The van der Waals surface area contributed by atoms with Gasteiger partial charge in [-0.3, -0.25) is 4.79 Å². The average Bonchev–Trinajstić information content (AvgIpc) is 2.43. The predicted octanol–water partition coefficient (Wildman–Crippen LogP) is 3.54. The van der Waals surface area contributed by atoms with Crippen molar-refractivity contribution in [3.63, 3.8) is 0 Å². The normalized spacial score (nSPS) is 9.62. The van der Waals surface area contributed by atoms with Crippen LogP contribution in [0.25, 0.3) is 0 Å². The first-order valence-electron chi connectivity index (χ1n) is 3.50. The largest absolute Gasteiger partial charge is 0.293 e. The van der Waals surface area contributed by atoms with Gasteiger partial charge in [0.15, 0.2) is 5.78 Å². The summed E-state index contributed by atoms with van der Waals surface area (Å²) < 4.78 is 0.418. The molecule has 0 spiro atoms. The first-order valence-corrected chi connectivity index (χ1v) is 5.07. The lowest BCUT2D eigenvalue weighted by Crippen LogP contribution is -1.93. The molecule has 0 radical (unpaired) electrons. The SMILES string of the molecule is N#CCCC(=O)c1cc(Cl)c(Cl)s1. The van der Waals surface area contributed by atoms with E-state index >= 15 is 0 Å². The van der Waals surface area contributed by atoms with Gasteiger partial charge in [-0.1, -0.05) is 23.2 Å². The highest BCUT2D eigenvalue weighted by atomic mass is 35.5. The summed E-state index contributed by atoms with van der Waals surface area (Å²) in [5.74, 6) is -0.0830. The van der Waals surface area contributed by atoms with Crippen LogP contribution < -0.4 is 0 Å². The Morgan fingerprint density at radius 2 is 2.31 bits per heavy atom. The predicted molar refractivity (Wildman–Crippen MR) is 53.5 cm³/mol. The van der Waals surface area contributed by atoms with Crippen molar-refractivity contribution in [1.29, 1.82) is 5.26 Å². The standard InChI is InChI=1S/C8H5Cl2NOS/c9-5-4-7(13-8(5)10)6(12)2-1-3-11/h4H,1-2H2. The number of nitrogens with zero attached hydrogens (tertiary/aromatic N) is 1. The second kappa shape index (κ2) is 4.61. The van der Waals surface area contributed by atoms with E-state index in [-0.39, 0.29) is 18.6 Å². The molecule has 0 aliphatic rings. The van der Waals surface area contributed by atoms with Crippen LogP contribution in [0.1, 0.15) is 22.5 Å². The van der Waals surface area contributed by atoms with E-state index in [1.165, 1.54) is 6.07 Å². The maximum atomic E-state index is 11.3. The summed E-state index contributed by atoms with van der Waals surface area (Å²) in [5, 5.41) is 8.67. The third kappa shape index (κ3) is 2.70. The van der Waals surface area contributed by atoms with Crippen LogP contribution in [-0.2, 0) is 0 Å². The minimum absolute atomic E-state index is 0.0830. The molecule has 1 rings (SSSR count). The van der Waals surface area contributed by atoms with E-state index in [4.69, 9.17) is 28.5 Å². The van der Waals surface area contributed by atoms with Crippen molar-refractivity contribution in [3.05, 3.63) is 20.3 Å². The quantitative estimate of drug-likeness (QED) is 0.750. The van der Waals surface area contributed by atoms with E-state index in [0.29, 0.717) is 14.2 Å². The number of carbonyl (C=O) groups is 1. The van der Waals surface area contributed by atoms with Gasteiger partial charge in [0.05, 0.1) is 16.0 Å². The Bertz CT molecular complexity index is 347. The van der Waals surface area contributed by atoms with Gasteiger partial charge in [-0.15, -0.1) is 11.3 Å². The van der Waals surface area contributed by atoms with Gasteiger partial charge < -0.3 is 0 Å². The Morgan fingerprint density at radius 3 is 2.77 bits per heavy atom. The smallest absolute Gasteiger partial charge is 0.173 e. The van der Waals surface area contributed by atoms with Gasteiger partial charge in [0, 0.05) is 12.8 Å². The fourth-order valence-electron chi connectivity index (χ4n) is 0.777. The van der Waals surface area contributed by atoms with Gasteiger partial charge in [-0.05, 0) is 6.07 Å². The minimum Gasteiger partial charge on any atom is -0.293 e. The van der Waals surface area contributed by atoms with Crippen LogP contribution in [-0.4, -0.2) is 5.78 Å². The molecule has 0 saturated heterocycles. The van der Waals surface area contributed by atoms with Crippen LogP contribution in [0, 0.1) is 11.3 Å². The Hall–Kier alpha value is -0.560. The molecule has 0 fully saturated rings. The van der Waals surface area contributed by atoms with Crippen LogP contribution in [0.5, 0.6) is 0 Å². The molecule has 2 nitrogen and oxygen atoms in total. The van der Waals surface area contributed by atoms with Crippen molar-refractivity contribution in [1.82, 2.24) is 0 Å². The van der Waals surface area contributed by atoms with Crippen molar-refractivity contribution in [2.45, 2.75) is 12.8 Å². The van der Waals surface area contributed by atoms with Crippen LogP contribution in [0.4, 0.5) is 0 Å². The van der Waals surface area contributed by atoms with Gasteiger partial charge in [0.1, 0.15) is 4.34 Å². The lowest BCUT2D eigenvalue weighted by molar-refractivity contribution is 0.0988. The summed E-state index contributed by atoms with van der Waals surface area (Å²) >= 11 is 12.5. The number of hydrogen-bond acceptors (Lipinski definition) is 3. The molecule has 0 aliphatic heterocycles. The molecule has 0 bridgehead atoms. The molecule has 0 N–H and O–H groups in total. The second-order valence-electron chi connectivity index (χ2n) is 2.31. The van der Waals surface area contributed by atoms with E-state index in [0.717, 1.165) is 11.3 Å². The molecule has 0 amide bonds. The Kier molecular flexibility index (Phi) is 3.73. The second-order valence-corrected chi connectivity index (χ2v) is 4.38. The number of ketones is 1. The summed E-state index contributed by atoms with van der Waals surface area (Å²) in [6.45, 7) is 0. The first kappa shape index (κ1) is 10.5. The van der Waals surface area contributed by atoms with Crippen LogP contribution in [0.2, 0.25) is 9.36 Å². The summed E-state index contributed by atoms with van der Waals surface area (Å²) in [6, 6.07) is 3.44. The lowest BCUT2D eigenvalue weighted by Gasteiger charge is -1.89. The molecule has 1 aromatic rings. The Morgan fingerprint density at radius 1 is 1.62 bits per heavy atom. The molecule has 0 aromatic carbocycles. The highest BCUT2D eigenvalue weighted by molar-refractivity contribution is 7.18. The number of Topliss-reactive ketones (excluding diaryl/α,β-unsaturated/α-hetero) is 1. The summed E-state index contributed by atoms with van der Waals surface area (Å²) in [6.07, 6.45) is 0.454. The van der Waals surface area contributed by atoms with Crippen molar-refractivity contribution in [3.8, 4) is 6.07 Å². The molecule has 0 saturated carbocycles. The maximum Gasteiger partial charge on any atom is 0.173 e. The molecule has 1 aromatic heterocycles. The summed E-state index contributed by atoms with van der Waals surface area (Å²) in [5.41, 5.74) is 0. The van der Waals surface area contributed by atoms with Crippen LogP contribution >= 0.6 is 34.5 Å². The van der Waals surface area contributed by atoms with Crippen LogP contribution in [0.15, 0.2) is 6.07 Å². The van der Waals surface area contributed by atoms with E-state index < -0.39 is 0 Å². The third-order valence-corrected chi connectivity index (χ3v) is 3.29. The summed E-state index contributed by atoms with van der Waals surface area (Å²) in [4.78, 5) is 11.8. The molecule has 68 valence electrons. The van der Waals surface area contributed by atoms with E-state index in [1.807, 2.05) is 6.07 Å². The number of carbonyl (C=O) groups excluding carboxylic acids is 1. The van der Waals surface area contributed by atoms with E-state index in [1.54, 1.807) is 0 Å². The fourth-order valence-corrected chi connectivity index (χ4v) is 2.11. The zero-order valence-electron chi connectivity index (χ0n) is 6.51. The number of nitriles is 1. The topological polar surface area (TPSA) is 40.9 Å². The highest BCUT2D eigenvalue weighted by Gasteiger charge is 2.11. The van der Waals surface area contributed by atoms with E-state index in [2.05, 4.69) is 0 Å². The molecule has 13 heavy (non-hydrogen) atoms. The zero-order chi connectivity index (χ0) is 9.84. The summed E-state index contributed by atoms with van der Waals surface area (Å²) in [7, 11) is 0. The molecule has 1 heterocycles. The maximum absolute atomic E-state index is 11.3. The fraction of sp³-hybridized carbons (Fsp3) is 0.250. The molecular weight excluding hydrogens is 229 g/mol. The number of rotatable bonds is 3. The van der Waals surface area contributed by atoms with Crippen LogP contribution in [0.3, 0.4) is 0 Å². The molecule has 0 aliphatic carbocycles. The number of hydrogen-bond donors (Lipinski definition) is 0. The van der Waals surface area contributed by atoms with Gasteiger partial charge in [0.2, 0.25) is 0 Å². The molecule has 0 atom stereocenters. The van der Waals surface area contributed by atoms with Crippen molar-refractivity contribution >= 4 is 40.3 Å². The number of thiophene rings is 1. The molecular formula is C8H5Cl2NOS. The molecule has 0 unspecified atom stereocenters. The first-order chi connectivity index (χ1) is 6.15. The van der Waals surface area contributed by atoms with Gasteiger partial charge >= 0.3 is 0 Å². The number of halogens is 2. The van der Waals surface area contributed by atoms with Crippen molar-refractivity contribution < 1.29 is 4.79 Å². The van der Waals surface area contributed by atoms with Gasteiger partial charge in [-0.25, -0.2) is 0 Å². The Balaban J connectivity index is 2.73. The zero-order valence-corrected chi connectivity index (χ0v) is 8.84. The Labute approximate surface area is 89.7 Å². The minimum atomic E-state index is -0.0830. The highest BCUT2D eigenvalue weighted by Crippen LogP contribution is 2.32. The molecule has 5 heteroatoms. The lowest BCUT2D eigenvalue weighted by atomic mass is 10.2. The van der Waals surface area contributed by atoms with E-state index in [9.17, 15) is 4.79 Å². The third-order valence-electron chi connectivity index (χ3n) is 1.38. The monoisotopic (exact) mass is 233 g/mol. The van der Waals surface area contributed by atoms with Crippen molar-refractivity contribution in [2.75, 3.05) is 0 Å².